The van der Waals surface area contributed by atoms with Crippen LogP contribution in [-0.4, -0.2) is 35.9 Å². The highest BCUT2D eigenvalue weighted by Gasteiger charge is 2.11. The molecule has 2 aromatic rings. The van der Waals surface area contributed by atoms with Gasteiger partial charge in [-0.1, -0.05) is 13.0 Å². The molecule has 3 N–H and O–H groups in total. The summed E-state index contributed by atoms with van der Waals surface area (Å²) in [4.78, 5) is 12.0. The van der Waals surface area contributed by atoms with Crippen LogP contribution in [0.3, 0.4) is 0 Å². The quantitative estimate of drug-likeness (QED) is 0.789. The molecule has 0 fully saturated rings. The second kappa shape index (κ2) is 6.90. The van der Waals surface area contributed by atoms with Crippen LogP contribution >= 0.6 is 0 Å². The summed E-state index contributed by atoms with van der Waals surface area (Å²) >= 11 is 0. The lowest BCUT2D eigenvalue weighted by Crippen LogP contribution is -2.30. The highest BCUT2D eigenvalue weighted by molar-refractivity contribution is 5.92. The Morgan fingerprint density at radius 1 is 1.48 bits per heavy atom. The predicted molar refractivity (Wildman–Crippen MR) is 81.3 cm³/mol. The summed E-state index contributed by atoms with van der Waals surface area (Å²) in [5.74, 6) is 0.0653. The van der Waals surface area contributed by atoms with E-state index < -0.39 is 0 Å². The van der Waals surface area contributed by atoms with Crippen molar-refractivity contribution in [3.05, 3.63) is 42.2 Å². The first-order valence-corrected chi connectivity index (χ1v) is 6.79. The van der Waals surface area contributed by atoms with Gasteiger partial charge in [-0.05, 0) is 30.2 Å². The third kappa shape index (κ3) is 4.06. The van der Waals surface area contributed by atoms with Gasteiger partial charge in [0.25, 0.3) is 5.91 Å². The first-order chi connectivity index (χ1) is 10.1. The summed E-state index contributed by atoms with van der Waals surface area (Å²) in [7, 11) is 1.64. The molecule has 1 unspecified atom stereocenters. The number of anilines is 1. The topological polar surface area (TPSA) is 82.2 Å². The molecule has 0 spiro atoms. The lowest BCUT2D eigenvalue weighted by Gasteiger charge is -2.10. The van der Waals surface area contributed by atoms with Crippen LogP contribution in [0.5, 0.6) is 0 Å². The number of carbonyl (C=O) groups excluding carboxylic acids is 1. The number of nitrogens with zero attached hydrogens (tertiary/aromatic N) is 2. The molecule has 6 nitrogen and oxygen atoms in total. The molecular formula is C15H20N4O2. The Balaban J connectivity index is 2.01. The van der Waals surface area contributed by atoms with Crippen molar-refractivity contribution in [3.63, 3.8) is 0 Å². The number of ether oxygens (including phenoxy) is 1. The van der Waals surface area contributed by atoms with E-state index in [0.717, 1.165) is 5.69 Å². The average molecular weight is 288 g/mol. The van der Waals surface area contributed by atoms with Crippen molar-refractivity contribution in [3.8, 4) is 5.69 Å². The zero-order chi connectivity index (χ0) is 15.2. The molecule has 1 heterocycles. The first kappa shape index (κ1) is 15.1. The molecule has 0 bridgehead atoms. The van der Waals surface area contributed by atoms with E-state index >= 15 is 0 Å². The number of hydrogen-bond donors (Lipinski definition) is 2. The van der Waals surface area contributed by atoms with Crippen molar-refractivity contribution < 1.29 is 9.53 Å². The lowest BCUT2D eigenvalue weighted by atomic mass is 10.2. The van der Waals surface area contributed by atoms with Crippen LogP contribution < -0.4 is 11.1 Å². The second-order valence-corrected chi connectivity index (χ2v) is 5.01. The largest absolute Gasteiger partial charge is 0.399 e. The number of amides is 1. The number of aromatic nitrogens is 2. The van der Waals surface area contributed by atoms with E-state index in [9.17, 15) is 4.79 Å². The number of nitrogens with two attached hydrogens (primary N) is 1. The molecule has 6 heteroatoms. The molecule has 0 aliphatic heterocycles. The van der Waals surface area contributed by atoms with Crippen LogP contribution in [0.1, 0.15) is 17.4 Å². The van der Waals surface area contributed by atoms with Gasteiger partial charge >= 0.3 is 0 Å². The normalized spacial score (nSPS) is 12.1. The Hall–Kier alpha value is -2.34. The van der Waals surface area contributed by atoms with Crippen molar-refractivity contribution in [2.24, 2.45) is 5.92 Å². The van der Waals surface area contributed by atoms with E-state index in [1.54, 1.807) is 36.2 Å². The summed E-state index contributed by atoms with van der Waals surface area (Å²) in [6, 6.07) is 9.01. The average Bonchev–Trinajstić information content (AvgIpc) is 2.95. The Kier molecular flexibility index (Phi) is 4.94. The van der Waals surface area contributed by atoms with Gasteiger partial charge in [0.2, 0.25) is 0 Å². The number of methoxy groups -OCH3 is 1. The van der Waals surface area contributed by atoms with Crippen LogP contribution in [0.4, 0.5) is 5.69 Å². The molecule has 1 aromatic carbocycles. The standard InChI is InChI=1S/C15H20N4O2/c1-11(10-21-2)9-17-15(20)14-6-7-19(18-14)13-5-3-4-12(16)8-13/h3-8,11H,9-10,16H2,1-2H3,(H,17,20). The highest BCUT2D eigenvalue weighted by Crippen LogP contribution is 2.11. The van der Waals surface area contributed by atoms with Crippen LogP contribution in [0.2, 0.25) is 0 Å². The van der Waals surface area contributed by atoms with Crippen LogP contribution in [0.25, 0.3) is 5.69 Å². The zero-order valence-electron chi connectivity index (χ0n) is 12.2. The summed E-state index contributed by atoms with van der Waals surface area (Å²) < 4.78 is 6.66. The zero-order valence-corrected chi connectivity index (χ0v) is 12.2. The molecule has 21 heavy (non-hydrogen) atoms. The van der Waals surface area contributed by atoms with Gasteiger partial charge in [-0.2, -0.15) is 5.10 Å². The number of hydrogen-bond acceptors (Lipinski definition) is 4. The molecule has 0 saturated heterocycles. The number of benzene rings is 1. The fourth-order valence-electron chi connectivity index (χ4n) is 1.96. The number of carbonyl (C=O) groups is 1. The van der Waals surface area contributed by atoms with Gasteiger partial charge in [0.15, 0.2) is 5.69 Å². The van der Waals surface area contributed by atoms with Gasteiger partial charge < -0.3 is 15.8 Å². The van der Waals surface area contributed by atoms with Crippen molar-refractivity contribution in [2.75, 3.05) is 26.0 Å². The van der Waals surface area contributed by atoms with Gasteiger partial charge in [0, 0.05) is 25.5 Å². The van der Waals surface area contributed by atoms with Gasteiger partial charge in [-0.15, -0.1) is 0 Å². The van der Waals surface area contributed by atoms with Crippen LogP contribution in [0.15, 0.2) is 36.5 Å². The van der Waals surface area contributed by atoms with Gasteiger partial charge in [0.05, 0.1) is 12.3 Å². The fraction of sp³-hybridized carbons (Fsp3) is 0.333. The van der Waals surface area contributed by atoms with Crippen molar-refractivity contribution >= 4 is 11.6 Å². The molecule has 1 atom stereocenters. The summed E-state index contributed by atoms with van der Waals surface area (Å²) in [6.07, 6.45) is 1.74. The maximum absolute atomic E-state index is 12.0. The van der Waals surface area contributed by atoms with E-state index in [-0.39, 0.29) is 11.8 Å². The van der Waals surface area contributed by atoms with E-state index in [1.807, 2.05) is 19.1 Å². The van der Waals surface area contributed by atoms with E-state index in [4.69, 9.17) is 10.5 Å². The molecule has 1 aromatic heterocycles. The van der Waals surface area contributed by atoms with E-state index in [0.29, 0.717) is 24.5 Å². The molecule has 0 aliphatic rings. The Labute approximate surface area is 123 Å². The molecule has 0 saturated carbocycles. The summed E-state index contributed by atoms with van der Waals surface area (Å²) in [5, 5.41) is 7.10. The lowest BCUT2D eigenvalue weighted by molar-refractivity contribution is 0.0928. The minimum absolute atomic E-state index is 0.194. The van der Waals surface area contributed by atoms with Crippen LogP contribution in [-0.2, 0) is 4.74 Å². The first-order valence-electron chi connectivity index (χ1n) is 6.79. The molecule has 0 aliphatic carbocycles. The predicted octanol–water partition coefficient (Wildman–Crippen LogP) is 1.47. The maximum atomic E-state index is 12.0. The van der Waals surface area contributed by atoms with Crippen LogP contribution in [0, 0.1) is 5.92 Å². The molecule has 112 valence electrons. The second-order valence-electron chi connectivity index (χ2n) is 5.01. The Morgan fingerprint density at radius 3 is 3.00 bits per heavy atom. The van der Waals surface area contributed by atoms with Gasteiger partial charge in [0.1, 0.15) is 0 Å². The van der Waals surface area contributed by atoms with Crippen molar-refractivity contribution in [1.29, 1.82) is 0 Å². The molecule has 0 radical (unpaired) electrons. The molecule has 1 amide bonds. The molecular weight excluding hydrogens is 268 g/mol. The minimum atomic E-state index is -0.194. The number of nitrogens with one attached hydrogen (secondary N) is 1. The monoisotopic (exact) mass is 288 g/mol. The third-order valence-electron chi connectivity index (χ3n) is 3.02. The third-order valence-corrected chi connectivity index (χ3v) is 3.02. The smallest absolute Gasteiger partial charge is 0.271 e. The minimum Gasteiger partial charge on any atom is -0.399 e. The molecule has 2 rings (SSSR count). The fourth-order valence-corrected chi connectivity index (χ4v) is 1.96. The van der Waals surface area contributed by atoms with Crippen molar-refractivity contribution in [1.82, 2.24) is 15.1 Å². The summed E-state index contributed by atoms with van der Waals surface area (Å²) in [6.45, 7) is 3.17. The number of nitrogen functional groups attached to an aromatic ring is 1. The number of rotatable bonds is 6. The Bertz CT molecular complexity index is 609. The van der Waals surface area contributed by atoms with E-state index in [2.05, 4.69) is 10.4 Å². The van der Waals surface area contributed by atoms with Gasteiger partial charge in [-0.3, -0.25) is 4.79 Å². The Morgan fingerprint density at radius 2 is 2.29 bits per heavy atom. The van der Waals surface area contributed by atoms with Crippen molar-refractivity contribution in [2.45, 2.75) is 6.92 Å². The SMILES string of the molecule is COCC(C)CNC(=O)c1ccn(-c2cccc(N)c2)n1. The van der Waals surface area contributed by atoms with E-state index in [1.165, 1.54) is 0 Å². The highest BCUT2D eigenvalue weighted by atomic mass is 16.5. The van der Waals surface area contributed by atoms with Gasteiger partial charge in [-0.25, -0.2) is 4.68 Å². The maximum Gasteiger partial charge on any atom is 0.271 e. The summed E-state index contributed by atoms with van der Waals surface area (Å²) in [5.41, 5.74) is 7.59.